The Kier molecular flexibility index (Phi) is 3.44. The summed E-state index contributed by atoms with van der Waals surface area (Å²) in [4.78, 5) is 22.2. The smallest absolute Gasteiger partial charge is 0.192 e. The molecule has 1 spiro atoms. The second-order valence-corrected chi connectivity index (χ2v) is 13.0. The topological polar surface area (TPSA) is 65.3 Å². The molecule has 8 heterocycles. The van der Waals surface area contributed by atoms with Gasteiger partial charge in [0.2, 0.25) is 22.6 Å². The third-order valence-corrected chi connectivity index (χ3v) is 10.7. The highest BCUT2D eigenvalue weighted by atomic mass is 15.7. The molecule has 210 valence electrons. The summed E-state index contributed by atoms with van der Waals surface area (Å²) in [6.07, 6.45) is 0. The number of hydrogen-bond donors (Lipinski definition) is 0. The molecule has 6 aliphatic rings. The molecule has 45 heavy (non-hydrogen) atoms. The second kappa shape index (κ2) is 6.81. The van der Waals surface area contributed by atoms with Crippen molar-refractivity contribution >= 4 is 56.5 Å². The van der Waals surface area contributed by atoms with Crippen molar-refractivity contribution in [2.24, 2.45) is 20.0 Å². The fourth-order valence-electron chi connectivity index (χ4n) is 8.94. The minimum absolute atomic E-state index is 0.911. The fourth-order valence-corrected chi connectivity index (χ4v) is 8.94. The lowest BCUT2D eigenvalue weighted by Crippen LogP contribution is -2.71. The number of aliphatic imine (C=N–C) groups is 2. The van der Waals surface area contributed by atoms with Gasteiger partial charge in [0.15, 0.2) is 0 Å². The van der Waals surface area contributed by atoms with Crippen LogP contribution in [0.4, 0.5) is 11.6 Å². The van der Waals surface area contributed by atoms with E-state index < -0.39 is 5.91 Å². The summed E-state index contributed by atoms with van der Waals surface area (Å²) in [6.45, 7) is 8.73. The van der Waals surface area contributed by atoms with Crippen LogP contribution in [0.15, 0.2) is 92.8 Å². The maximum absolute atomic E-state index is 5.57. The highest BCUT2D eigenvalue weighted by Gasteiger charge is 2.69. The third kappa shape index (κ3) is 2.11. The van der Waals surface area contributed by atoms with E-state index in [0.29, 0.717) is 0 Å². The van der Waals surface area contributed by atoms with Crippen molar-refractivity contribution < 1.29 is 9.15 Å². The van der Waals surface area contributed by atoms with E-state index >= 15 is 0 Å². The summed E-state index contributed by atoms with van der Waals surface area (Å²) in [7, 11) is 0. The molecule has 12 rings (SSSR count). The quantitative estimate of drug-likeness (QED) is 0.229. The molecule has 8 nitrogen and oxygen atoms in total. The van der Waals surface area contributed by atoms with Crippen LogP contribution < -0.4 is 11.0 Å². The van der Waals surface area contributed by atoms with E-state index in [0.717, 1.165) is 89.8 Å². The van der Waals surface area contributed by atoms with Gasteiger partial charge in [-0.2, -0.15) is 9.13 Å². The normalized spacial score (nSPS) is 20.1. The van der Waals surface area contributed by atoms with Gasteiger partial charge in [-0.1, -0.05) is 68.5 Å². The average molecular weight is 581 g/mol. The van der Waals surface area contributed by atoms with Crippen molar-refractivity contribution in [3.05, 3.63) is 128 Å². The molecule has 6 aliphatic heterocycles. The van der Waals surface area contributed by atoms with E-state index in [4.69, 9.17) is 20.0 Å². The first-order valence-electron chi connectivity index (χ1n) is 15.4. The third-order valence-electron chi connectivity index (χ3n) is 10.7. The predicted molar refractivity (Wildman–Crippen MR) is 173 cm³/mol. The molecular weight excluding hydrogens is 556 g/mol. The summed E-state index contributed by atoms with van der Waals surface area (Å²) in [5, 5.41) is 4.48. The van der Waals surface area contributed by atoms with Gasteiger partial charge in [0.25, 0.3) is 23.3 Å². The number of aryl methyl sites for hydroxylation is 4. The molecule has 0 saturated carbocycles. The van der Waals surface area contributed by atoms with Gasteiger partial charge in [0.1, 0.15) is 0 Å². The standard InChI is InChI=1S/C37H24N8/c1-17-9-5-13-21-25(17)33-39-31-23-15-7-10-18(2)26(23)34-40-32-24-16-8-12-20(4)28(24)36-41-35-27-19(3)11-6-14-22(27)30-38-29(21)42(33)37(43(30)35,44(31)34)45(32)36/h5-16H,1-4H3/q+2/t37-/m0/s1. The van der Waals surface area contributed by atoms with E-state index in [2.05, 4.69) is 119 Å². The molecule has 4 aromatic carbocycles. The highest BCUT2D eigenvalue weighted by molar-refractivity contribution is 6.21. The van der Waals surface area contributed by atoms with E-state index in [1.165, 1.54) is 22.3 Å². The van der Waals surface area contributed by atoms with Gasteiger partial charge in [-0.25, -0.2) is 0 Å². The summed E-state index contributed by atoms with van der Waals surface area (Å²) in [5.74, 6) is 4.54. The molecule has 8 heteroatoms. The first kappa shape index (κ1) is 22.7. The van der Waals surface area contributed by atoms with Crippen LogP contribution in [0.5, 0.6) is 0 Å². The number of aromatic nitrogens is 2. The van der Waals surface area contributed by atoms with Crippen molar-refractivity contribution in [1.82, 2.24) is 9.13 Å². The van der Waals surface area contributed by atoms with Crippen molar-refractivity contribution in [2.75, 3.05) is 0 Å². The zero-order valence-corrected chi connectivity index (χ0v) is 25.0. The monoisotopic (exact) mass is 580 g/mol. The number of fused-ring (bicyclic) bond motifs is 12. The fraction of sp³-hybridized carbons (Fsp3) is 0.135. The Bertz CT molecular complexity index is 2850. The predicted octanol–water partition coefficient (Wildman–Crippen LogP) is 4.94. The van der Waals surface area contributed by atoms with Crippen LogP contribution in [-0.4, -0.2) is 41.6 Å². The van der Waals surface area contributed by atoms with E-state index in [9.17, 15) is 0 Å². The van der Waals surface area contributed by atoms with Gasteiger partial charge >= 0.3 is 5.91 Å². The van der Waals surface area contributed by atoms with Crippen LogP contribution in [0.1, 0.15) is 44.5 Å². The lowest BCUT2D eigenvalue weighted by atomic mass is 10.0. The zero-order valence-electron chi connectivity index (χ0n) is 25.0. The van der Waals surface area contributed by atoms with Crippen LogP contribution >= 0.6 is 0 Å². The van der Waals surface area contributed by atoms with Gasteiger partial charge in [-0.3, -0.25) is 0 Å². The molecule has 0 aliphatic carbocycles. The molecule has 1 atom stereocenters. The highest BCUT2D eigenvalue weighted by Crippen LogP contribution is 2.53. The van der Waals surface area contributed by atoms with Gasteiger partial charge < -0.3 is 0 Å². The first-order chi connectivity index (χ1) is 22.0. The summed E-state index contributed by atoms with van der Waals surface area (Å²) in [6, 6.07) is 26.1. The van der Waals surface area contributed by atoms with Crippen molar-refractivity contribution in [1.29, 1.82) is 0 Å². The Labute approximate surface area is 256 Å². The van der Waals surface area contributed by atoms with Crippen LogP contribution in [-0.2, 0) is 5.91 Å². The van der Waals surface area contributed by atoms with Crippen LogP contribution in [0.2, 0.25) is 0 Å². The van der Waals surface area contributed by atoms with Crippen LogP contribution in [0.3, 0.4) is 0 Å². The van der Waals surface area contributed by atoms with Gasteiger partial charge in [0.05, 0.1) is 33.0 Å². The molecule has 0 unspecified atom stereocenters. The molecule has 0 amide bonds. The Morgan fingerprint density at radius 1 is 0.511 bits per heavy atom. The Hall–Kier alpha value is -5.76. The lowest BCUT2D eigenvalue weighted by Gasteiger charge is -2.40. The zero-order chi connectivity index (χ0) is 29.7. The van der Waals surface area contributed by atoms with E-state index in [1.54, 1.807) is 0 Å². The number of hydrogen-bond acceptors (Lipinski definition) is 4. The van der Waals surface area contributed by atoms with Crippen LogP contribution in [0, 0.1) is 27.7 Å². The van der Waals surface area contributed by atoms with Crippen molar-refractivity contribution in [3.8, 4) is 0 Å². The van der Waals surface area contributed by atoms with Gasteiger partial charge in [-0.15, -0.1) is 9.15 Å². The molecule has 2 aromatic heterocycles. The van der Waals surface area contributed by atoms with Crippen molar-refractivity contribution in [3.63, 3.8) is 0 Å². The minimum Gasteiger partial charge on any atom is -0.192 e. The molecule has 0 bridgehead atoms. The molecule has 0 radical (unpaired) electrons. The summed E-state index contributed by atoms with van der Waals surface area (Å²) in [5.41, 5.74) is 11.0. The van der Waals surface area contributed by atoms with Gasteiger partial charge in [-0.05, 0) is 74.2 Å². The molecule has 0 N–H and O–H groups in total. The number of rotatable bonds is 0. The molecule has 0 fully saturated rings. The molecule has 6 aromatic rings. The lowest BCUT2D eigenvalue weighted by molar-refractivity contribution is -0.790. The Balaban J connectivity index is 1.45. The summed E-state index contributed by atoms with van der Waals surface area (Å²) >= 11 is 0. The number of nitrogens with zero attached hydrogens (tertiary/aromatic N) is 8. The maximum atomic E-state index is 5.57. The molecular formula is C37H24N8+2. The minimum atomic E-state index is -0.953. The van der Waals surface area contributed by atoms with E-state index in [-0.39, 0.29) is 0 Å². The van der Waals surface area contributed by atoms with Crippen LogP contribution in [0.25, 0.3) is 21.5 Å². The maximum Gasteiger partial charge on any atom is 0.404 e. The van der Waals surface area contributed by atoms with E-state index in [1.807, 2.05) is 0 Å². The number of amidine groups is 4. The largest absolute Gasteiger partial charge is 0.404 e. The van der Waals surface area contributed by atoms with Crippen molar-refractivity contribution in [2.45, 2.75) is 33.6 Å². The second-order valence-electron chi connectivity index (χ2n) is 13.0. The summed E-state index contributed by atoms with van der Waals surface area (Å²) < 4.78 is 9.52. The Morgan fingerprint density at radius 3 is 1.96 bits per heavy atom. The molecule has 0 saturated heterocycles. The SMILES string of the molecule is Cc1cccc2c1C1=Nc3c4cccc(C)c4c4n3[C@]35n6c(c7cccc(C)c7c6=NC6=[N+]3C(=N4)c3cccc(C)c36)=NC2=[N+]15. The Morgan fingerprint density at radius 2 is 1.13 bits per heavy atom. The number of benzene rings is 4. The van der Waals surface area contributed by atoms with Gasteiger partial charge in [0, 0.05) is 10.8 Å². The first-order valence-corrected chi connectivity index (χ1v) is 15.4. The average Bonchev–Trinajstić information content (AvgIpc) is 3.75.